The molecule has 3 rings (SSSR count). The van der Waals surface area contributed by atoms with Gasteiger partial charge in [-0.05, 0) is 38.8 Å². The molecule has 98 valence electrons. The first-order valence-corrected chi connectivity index (χ1v) is 6.61. The van der Waals surface area contributed by atoms with E-state index in [1.54, 1.807) is 0 Å². The van der Waals surface area contributed by atoms with E-state index >= 15 is 0 Å². The van der Waals surface area contributed by atoms with E-state index in [-0.39, 0.29) is 0 Å². The van der Waals surface area contributed by atoms with E-state index in [1.807, 2.05) is 4.57 Å². The molecule has 0 atom stereocenters. The summed E-state index contributed by atoms with van der Waals surface area (Å²) < 4.78 is 2.04. The molecule has 2 N–H and O–H groups in total. The van der Waals surface area contributed by atoms with Gasteiger partial charge in [-0.25, -0.2) is 0 Å². The number of aliphatic carboxylic acids is 1. The molecule has 1 fully saturated rings. The fraction of sp³-hybridized carbons (Fsp3) is 0.750. The lowest BCUT2D eigenvalue weighted by Gasteiger charge is -2.33. The number of hydrogen-bond donors (Lipinski definition) is 2. The van der Waals surface area contributed by atoms with Crippen molar-refractivity contribution in [3.05, 3.63) is 11.6 Å². The molecule has 0 amide bonds. The van der Waals surface area contributed by atoms with Gasteiger partial charge in [0.25, 0.3) is 0 Å². The van der Waals surface area contributed by atoms with Gasteiger partial charge in [-0.2, -0.15) is 0 Å². The molecule has 0 bridgehead atoms. The molecule has 0 aromatic carbocycles. The second kappa shape index (κ2) is 4.35. The number of aromatic nitrogens is 3. The number of carboxylic acid groups (broad SMARTS) is 1. The van der Waals surface area contributed by atoms with Gasteiger partial charge in [0, 0.05) is 13.0 Å². The van der Waals surface area contributed by atoms with Gasteiger partial charge in [-0.3, -0.25) is 4.79 Å². The van der Waals surface area contributed by atoms with E-state index in [0.717, 1.165) is 44.7 Å². The number of fused-ring (bicyclic) bond motifs is 1. The summed E-state index contributed by atoms with van der Waals surface area (Å²) in [4.78, 5) is 11.8. The van der Waals surface area contributed by atoms with Crippen molar-refractivity contribution >= 4 is 5.97 Å². The topological polar surface area (TPSA) is 80.0 Å². The van der Waals surface area contributed by atoms with Crippen LogP contribution < -0.4 is 5.32 Å². The van der Waals surface area contributed by atoms with Crippen LogP contribution in [0, 0.1) is 0 Å². The first kappa shape index (κ1) is 11.6. The monoisotopic (exact) mass is 250 g/mol. The summed E-state index contributed by atoms with van der Waals surface area (Å²) in [7, 11) is 0. The van der Waals surface area contributed by atoms with Gasteiger partial charge >= 0.3 is 5.97 Å². The molecule has 0 unspecified atom stereocenters. The molecule has 1 aromatic rings. The van der Waals surface area contributed by atoms with Crippen LogP contribution in [0.5, 0.6) is 0 Å². The number of nitrogens with one attached hydrogen (secondary N) is 1. The summed E-state index contributed by atoms with van der Waals surface area (Å²) in [6, 6.07) is 0. The molecule has 3 heterocycles. The van der Waals surface area contributed by atoms with E-state index in [2.05, 4.69) is 15.5 Å². The normalized spacial score (nSPS) is 22.4. The van der Waals surface area contributed by atoms with Gasteiger partial charge in [0.05, 0.1) is 0 Å². The van der Waals surface area contributed by atoms with Gasteiger partial charge in [0.2, 0.25) is 0 Å². The molecule has 0 radical (unpaired) electrons. The Morgan fingerprint density at radius 2 is 2.06 bits per heavy atom. The van der Waals surface area contributed by atoms with Crippen LogP contribution in [0.4, 0.5) is 0 Å². The SMILES string of the molecule is O=C(O)C1(c2nnc3n2CCCC3)CCNCC1. The zero-order chi connectivity index (χ0) is 12.6. The Bertz CT molecular complexity index is 463. The molecule has 0 spiro atoms. The maximum absolute atomic E-state index is 11.8. The van der Waals surface area contributed by atoms with Crippen molar-refractivity contribution in [3.8, 4) is 0 Å². The van der Waals surface area contributed by atoms with Gasteiger partial charge < -0.3 is 15.0 Å². The molecule has 2 aliphatic rings. The Morgan fingerprint density at radius 3 is 2.78 bits per heavy atom. The molecule has 6 heteroatoms. The highest BCUT2D eigenvalue weighted by Crippen LogP contribution is 2.34. The van der Waals surface area contributed by atoms with E-state index in [0.29, 0.717) is 18.7 Å². The van der Waals surface area contributed by atoms with Crippen molar-refractivity contribution in [2.24, 2.45) is 0 Å². The average molecular weight is 250 g/mol. The van der Waals surface area contributed by atoms with Crippen LogP contribution in [-0.4, -0.2) is 38.9 Å². The number of carboxylic acids is 1. The molecule has 0 saturated carbocycles. The molecular formula is C12H18N4O2. The van der Waals surface area contributed by atoms with Crippen LogP contribution in [0.1, 0.15) is 37.3 Å². The Morgan fingerprint density at radius 1 is 1.28 bits per heavy atom. The highest BCUT2D eigenvalue weighted by atomic mass is 16.4. The zero-order valence-electron chi connectivity index (χ0n) is 10.4. The molecule has 1 saturated heterocycles. The second-order valence-electron chi connectivity index (χ2n) is 5.19. The van der Waals surface area contributed by atoms with Gasteiger partial charge in [-0.15, -0.1) is 10.2 Å². The summed E-state index contributed by atoms with van der Waals surface area (Å²) in [5, 5.41) is 21.3. The number of nitrogens with zero attached hydrogens (tertiary/aromatic N) is 3. The maximum atomic E-state index is 11.8. The third-order valence-electron chi connectivity index (χ3n) is 4.15. The Kier molecular flexibility index (Phi) is 2.81. The van der Waals surface area contributed by atoms with Crippen molar-refractivity contribution in [2.45, 2.75) is 44.1 Å². The number of carbonyl (C=O) groups is 1. The van der Waals surface area contributed by atoms with Crippen molar-refractivity contribution < 1.29 is 9.90 Å². The number of rotatable bonds is 2. The minimum atomic E-state index is -0.839. The van der Waals surface area contributed by atoms with Crippen molar-refractivity contribution in [1.29, 1.82) is 0 Å². The summed E-state index contributed by atoms with van der Waals surface area (Å²) in [6.45, 7) is 2.32. The quantitative estimate of drug-likeness (QED) is 0.790. The summed E-state index contributed by atoms with van der Waals surface area (Å²) in [5.74, 6) is 0.867. The van der Waals surface area contributed by atoms with E-state index in [9.17, 15) is 9.90 Å². The lowest BCUT2D eigenvalue weighted by Crippen LogP contribution is -2.47. The average Bonchev–Trinajstić information content (AvgIpc) is 2.83. The number of aryl methyl sites for hydroxylation is 1. The van der Waals surface area contributed by atoms with Crippen LogP contribution in [0.2, 0.25) is 0 Å². The first-order valence-electron chi connectivity index (χ1n) is 6.61. The number of hydrogen-bond acceptors (Lipinski definition) is 4. The minimum absolute atomic E-state index is 0.598. The molecule has 18 heavy (non-hydrogen) atoms. The highest BCUT2D eigenvalue weighted by Gasteiger charge is 2.46. The smallest absolute Gasteiger partial charge is 0.317 e. The van der Waals surface area contributed by atoms with Crippen LogP contribution in [0.15, 0.2) is 0 Å². The molecular weight excluding hydrogens is 232 g/mol. The van der Waals surface area contributed by atoms with Crippen LogP contribution in [0.25, 0.3) is 0 Å². The predicted molar refractivity (Wildman–Crippen MR) is 64.4 cm³/mol. The van der Waals surface area contributed by atoms with E-state index in [4.69, 9.17) is 0 Å². The first-order chi connectivity index (χ1) is 8.74. The van der Waals surface area contributed by atoms with E-state index in [1.165, 1.54) is 0 Å². The maximum Gasteiger partial charge on any atom is 0.317 e. The molecule has 0 aliphatic carbocycles. The summed E-state index contributed by atoms with van der Waals surface area (Å²) in [6.07, 6.45) is 4.33. The summed E-state index contributed by atoms with van der Waals surface area (Å²) >= 11 is 0. The van der Waals surface area contributed by atoms with Crippen LogP contribution in [0.3, 0.4) is 0 Å². The van der Waals surface area contributed by atoms with Crippen molar-refractivity contribution in [1.82, 2.24) is 20.1 Å². The Hall–Kier alpha value is -1.43. The third kappa shape index (κ3) is 1.63. The molecule has 6 nitrogen and oxygen atoms in total. The highest BCUT2D eigenvalue weighted by molar-refractivity contribution is 5.80. The second-order valence-corrected chi connectivity index (χ2v) is 5.19. The van der Waals surface area contributed by atoms with E-state index < -0.39 is 11.4 Å². The van der Waals surface area contributed by atoms with Crippen LogP contribution in [-0.2, 0) is 23.2 Å². The Labute approximate surface area is 105 Å². The zero-order valence-corrected chi connectivity index (χ0v) is 10.4. The van der Waals surface area contributed by atoms with Crippen molar-refractivity contribution in [2.75, 3.05) is 13.1 Å². The molecule has 1 aromatic heterocycles. The lowest BCUT2D eigenvalue weighted by atomic mass is 9.78. The van der Waals surface area contributed by atoms with Gasteiger partial charge in [0.1, 0.15) is 11.2 Å². The standard InChI is InChI=1S/C12H18N4O2/c17-11(18)12(4-6-13-7-5-12)10-15-14-9-3-1-2-8-16(9)10/h13H,1-8H2,(H,17,18). The van der Waals surface area contributed by atoms with Gasteiger partial charge in [0.15, 0.2) is 5.82 Å². The fourth-order valence-electron chi connectivity index (χ4n) is 3.05. The third-order valence-corrected chi connectivity index (χ3v) is 4.15. The largest absolute Gasteiger partial charge is 0.480 e. The Balaban J connectivity index is 2.05. The minimum Gasteiger partial charge on any atom is -0.480 e. The molecule has 2 aliphatic heterocycles. The lowest BCUT2D eigenvalue weighted by molar-refractivity contribution is -0.145. The van der Waals surface area contributed by atoms with Crippen LogP contribution >= 0.6 is 0 Å². The summed E-state index contributed by atoms with van der Waals surface area (Å²) in [5.41, 5.74) is -0.839. The van der Waals surface area contributed by atoms with Crippen molar-refractivity contribution in [3.63, 3.8) is 0 Å². The number of piperidine rings is 1. The van der Waals surface area contributed by atoms with Gasteiger partial charge in [-0.1, -0.05) is 0 Å². The fourth-order valence-corrected chi connectivity index (χ4v) is 3.05. The predicted octanol–water partition coefficient (Wildman–Crippen LogP) is 0.320.